The van der Waals surface area contributed by atoms with Gasteiger partial charge < -0.3 is 4.90 Å². The minimum atomic E-state index is 0.176. The van der Waals surface area contributed by atoms with E-state index in [0.717, 1.165) is 0 Å². The van der Waals surface area contributed by atoms with Crippen molar-refractivity contribution < 1.29 is 0 Å². The normalized spacial score (nSPS) is 7.67. The van der Waals surface area contributed by atoms with E-state index >= 15 is 0 Å². The summed E-state index contributed by atoms with van der Waals surface area (Å²) >= 11 is 4.41. The van der Waals surface area contributed by atoms with Crippen molar-refractivity contribution in [2.75, 3.05) is 14.1 Å². The molecule has 1 N–H and O–H groups in total. The molecule has 0 aromatic carbocycles. The molecule has 0 atom stereocenters. The lowest BCUT2D eigenvalue weighted by Gasteiger charge is -2.04. The third kappa shape index (κ3) is 1.96. The average molecular weight is 103 g/mol. The summed E-state index contributed by atoms with van der Waals surface area (Å²) in [6.45, 7) is 0. The molecule has 0 saturated carbocycles. The molecule has 0 heterocycles. The van der Waals surface area contributed by atoms with Crippen LogP contribution in [0.1, 0.15) is 0 Å². The lowest BCUT2D eigenvalue weighted by atomic mass is 10.9. The van der Waals surface area contributed by atoms with E-state index in [1.807, 2.05) is 0 Å². The molecule has 0 saturated heterocycles. The van der Waals surface area contributed by atoms with E-state index in [9.17, 15) is 0 Å². The summed E-state index contributed by atoms with van der Waals surface area (Å²) in [6.07, 6.45) is 0. The van der Waals surface area contributed by atoms with Crippen molar-refractivity contribution in [3.8, 4) is 0 Å². The Morgan fingerprint density at radius 1 is 1.67 bits per heavy atom. The van der Waals surface area contributed by atoms with Crippen LogP contribution in [-0.4, -0.2) is 24.1 Å². The molecule has 35 valence electrons. The van der Waals surface area contributed by atoms with Gasteiger partial charge in [0.05, 0.1) is 0 Å². The monoisotopic (exact) mass is 103 g/mol. The number of nitrogens with one attached hydrogen (secondary N) is 1. The Kier molecular flexibility index (Phi) is 1.87. The Balaban J connectivity index is 3.26. The summed E-state index contributed by atoms with van der Waals surface area (Å²) in [5.41, 5.74) is 6.69. The van der Waals surface area contributed by atoms with Gasteiger partial charge in [-0.15, -0.1) is 0 Å². The summed E-state index contributed by atoms with van der Waals surface area (Å²) < 4.78 is 0. The van der Waals surface area contributed by atoms with Gasteiger partial charge in [0.25, 0.3) is 0 Å². The Bertz CT molecular complexity index is 59.8. The number of thiocarbonyl (C=S) groups is 1. The lowest BCUT2D eigenvalue weighted by Crippen LogP contribution is -2.19. The van der Waals surface area contributed by atoms with Gasteiger partial charge in [-0.25, -0.2) is 0 Å². The van der Waals surface area contributed by atoms with Gasteiger partial charge in [-0.2, -0.15) is 0 Å². The average Bonchev–Trinajstić information content (AvgIpc) is 1.36. The maximum atomic E-state index is 6.69. The molecule has 0 fully saturated rings. The third-order valence-electron chi connectivity index (χ3n) is 0.406. The van der Waals surface area contributed by atoms with Gasteiger partial charge >= 0.3 is 0 Å². The maximum absolute atomic E-state index is 6.69. The van der Waals surface area contributed by atoms with Crippen LogP contribution in [0.5, 0.6) is 0 Å². The van der Waals surface area contributed by atoms with Crippen LogP contribution in [0.4, 0.5) is 0 Å². The van der Waals surface area contributed by atoms with Crippen molar-refractivity contribution >= 4 is 17.3 Å². The van der Waals surface area contributed by atoms with Crippen molar-refractivity contribution in [1.29, 1.82) is 0 Å². The first kappa shape index (κ1) is 5.69. The van der Waals surface area contributed by atoms with Crippen LogP contribution in [-0.2, 0) is 0 Å². The van der Waals surface area contributed by atoms with Gasteiger partial charge in [-0.1, -0.05) is 0 Å². The van der Waals surface area contributed by atoms with Crippen molar-refractivity contribution in [1.82, 2.24) is 10.6 Å². The van der Waals surface area contributed by atoms with Gasteiger partial charge in [0.2, 0.25) is 0 Å². The molecule has 6 heavy (non-hydrogen) atoms. The lowest BCUT2D eigenvalue weighted by molar-refractivity contribution is 0.626. The van der Waals surface area contributed by atoms with Crippen molar-refractivity contribution in [2.24, 2.45) is 0 Å². The fourth-order valence-electron chi connectivity index (χ4n) is 0. The summed E-state index contributed by atoms with van der Waals surface area (Å²) in [6, 6.07) is 0. The molecular formula is C3H7N2S. The highest BCUT2D eigenvalue weighted by atomic mass is 32.1. The molecule has 3 heteroatoms. The SMILES string of the molecule is CN(C)C([NH])=S. The predicted octanol–water partition coefficient (Wildman–Crippen LogP) is 0.116. The van der Waals surface area contributed by atoms with E-state index in [-0.39, 0.29) is 5.11 Å². The van der Waals surface area contributed by atoms with E-state index < -0.39 is 0 Å². The van der Waals surface area contributed by atoms with Crippen molar-refractivity contribution in [3.63, 3.8) is 0 Å². The van der Waals surface area contributed by atoms with Crippen LogP contribution in [0.25, 0.3) is 0 Å². The molecule has 0 aliphatic carbocycles. The van der Waals surface area contributed by atoms with Crippen LogP contribution in [0.15, 0.2) is 0 Å². The van der Waals surface area contributed by atoms with Gasteiger partial charge in [-0.3, -0.25) is 5.73 Å². The first-order valence-corrected chi connectivity index (χ1v) is 1.98. The van der Waals surface area contributed by atoms with E-state index in [4.69, 9.17) is 5.73 Å². The zero-order valence-corrected chi connectivity index (χ0v) is 4.67. The Labute approximate surface area is 42.9 Å². The highest BCUT2D eigenvalue weighted by molar-refractivity contribution is 7.80. The van der Waals surface area contributed by atoms with Crippen LogP contribution in [0, 0.1) is 0 Å². The summed E-state index contributed by atoms with van der Waals surface area (Å²) in [7, 11) is 3.49. The molecule has 0 aromatic rings. The molecule has 0 aliphatic rings. The third-order valence-corrected chi connectivity index (χ3v) is 0.771. The van der Waals surface area contributed by atoms with Gasteiger partial charge in [-0.05, 0) is 12.2 Å². The number of hydrogen-bond donors (Lipinski definition) is 0. The van der Waals surface area contributed by atoms with Crippen LogP contribution >= 0.6 is 12.2 Å². The van der Waals surface area contributed by atoms with Gasteiger partial charge in [0, 0.05) is 14.1 Å². The molecule has 0 rings (SSSR count). The minimum Gasteiger partial charge on any atom is -0.354 e. The summed E-state index contributed by atoms with van der Waals surface area (Å²) in [5.74, 6) is 0. The van der Waals surface area contributed by atoms with Crippen molar-refractivity contribution in [2.45, 2.75) is 0 Å². The zero-order valence-electron chi connectivity index (χ0n) is 3.86. The molecule has 0 bridgehead atoms. The second kappa shape index (κ2) is 1.97. The highest BCUT2D eigenvalue weighted by Gasteiger charge is 1.84. The highest BCUT2D eigenvalue weighted by Crippen LogP contribution is 1.70. The molecule has 1 radical (unpaired) electrons. The maximum Gasteiger partial charge on any atom is 0.187 e. The van der Waals surface area contributed by atoms with E-state index in [1.165, 1.54) is 0 Å². The molecule has 2 nitrogen and oxygen atoms in total. The quantitative estimate of drug-likeness (QED) is 0.407. The standard InChI is InChI=1S/C3H7N2S/c1-5(2)3(4)6/h4H,1-2H3. The molecule has 0 amide bonds. The van der Waals surface area contributed by atoms with Crippen molar-refractivity contribution in [3.05, 3.63) is 0 Å². The first-order chi connectivity index (χ1) is 2.64. The van der Waals surface area contributed by atoms with Gasteiger partial charge in [0.15, 0.2) is 5.11 Å². The Morgan fingerprint density at radius 3 is 1.83 bits per heavy atom. The smallest absolute Gasteiger partial charge is 0.187 e. The molecule has 0 aromatic heterocycles. The van der Waals surface area contributed by atoms with Gasteiger partial charge in [0.1, 0.15) is 0 Å². The zero-order chi connectivity index (χ0) is 5.15. The predicted molar refractivity (Wildman–Crippen MR) is 29.4 cm³/mol. The number of rotatable bonds is 0. The number of hydrogen-bond acceptors (Lipinski definition) is 1. The Morgan fingerprint density at radius 2 is 1.83 bits per heavy atom. The summed E-state index contributed by atoms with van der Waals surface area (Å²) in [5, 5.41) is 0.176. The molecule has 0 unspecified atom stereocenters. The molecule has 0 spiro atoms. The Hall–Kier alpha value is -0.310. The minimum absolute atomic E-state index is 0.176. The fourth-order valence-corrected chi connectivity index (χ4v) is 0. The van der Waals surface area contributed by atoms with Crippen LogP contribution in [0.3, 0.4) is 0 Å². The second-order valence-electron chi connectivity index (χ2n) is 1.20. The molecular weight excluding hydrogens is 96.1 g/mol. The van der Waals surface area contributed by atoms with E-state index in [2.05, 4.69) is 12.2 Å². The largest absolute Gasteiger partial charge is 0.354 e. The summed E-state index contributed by atoms with van der Waals surface area (Å²) in [4.78, 5) is 1.56. The first-order valence-electron chi connectivity index (χ1n) is 1.57. The topological polar surface area (TPSA) is 27.0 Å². The van der Waals surface area contributed by atoms with Crippen LogP contribution < -0.4 is 5.73 Å². The second-order valence-corrected chi connectivity index (χ2v) is 1.59. The van der Waals surface area contributed by atoms with E-state index in [0.29, 0.717) is 0 Å². The fraction of sp³-hybridized carbons (Fsp3) is 0.667. The van der Waals surface area contributed by atoms with Crippen LogP contribution in [0.2, 0.25) is 0 Å². The van der Waals surface area contributed by atoms with E-state index in [1.54, 1.807) is 19.0 Å². The molecule has 0 aliphatic heterocycles. The number of nitrogens with zero attached hydrogens (tertiary/aromatic N) is 1.